The topological polar surface area (TPSA) is 92.0 Å². The van der Waals surface area contributed by atoms with Gasteiger partial charge in [0, 0.05) is 10.8 Å². The summed E-state index contributed by atoms with van der Waals surface area (Å²) < 4.78 is 12.5. The number of para-hydroxylation sites is 4. The molecule has 0 fully saturated rings. The molecule has 0 amide bonds. The van der Waals surface area contributed by atoms with Crippen LogP contribution < -0.4 is 10.9 Å². The van der Waals surface area contributed by atoms with Gasteiger partial charge in [-0.1, -0.05) is 48.5 Å². The molecule has 2 N–H and O–H groups in total. The molecule has 6 heteroatoms. The third-order valence-corrected chi connectivity index (χ3v) is 6.00. The molecule has 0 saturated carbocycles. The Balaban J connectivity index is 1.91. The first-order chi connectivity index (χ1) is 15.7. The molecular formula is C26H14N2O4. The molecule has 0 unspecified atom stereocenters. The van der Waals surface area contributed by atoms with Crippen LogP contribution in [0, 0.1) is 0 Å². The number of fused-ring (bicyclic) bond motifs is 9. The molecule has 0 saturated heterocycles. The van der Waals surface area contributed by atoms with Gasteiger partial charge in [0.1, 0.15) is 0 Å². The number of rotatable bonds is 0. The fourth-order valence-electron chi connectivity index (χ4n) is 4.55. The Morgan fingerprint density at radius 2 is 0.938 bits per heavy atom. The maximum atomic E-state index is 13.7. The first-order valence-electron chi connectivity index (χ1n) is 10.2. The van der Waals surface area contributed by atoms with Gasteiger partial charge in [-0.25, -0.2) is 0 Å². The smallest absolute Gasteiger partial charge is 0.196 e. The molecule has 2 heterocycles. The Kier molecular flexibility index (Phi) is 3.20. The zero-order chi connectivity index (χ0) is 21.4. The lowest BCUT2D eigenvalue weighted by Gasteiger charge is -2.11. The highest BCUT2D eigenvalue weighted by atomic mass is 16.4. The highest BCUT2D eigenvalue weighted by Crippen LogP contribution is 2.34. The van der Waals surface area contributed by atoms with Crippen molar-refractivity contribution in [3.8, 4) is 0 Å². The van der Waals surface area contributed by atoms with E-state index in [-0.39, 0.29) is 21.6 Å². The second-order valence-corrected chi connectivity index (χ2v) is 7.81. The van der Waals surface area contributed by atoms with Crippen LogP contribution >= 0.6 is 0 Å². The van der Waals surface area contributed by atoms with Crippen molar-refractivity contribution in [3.63, 3.8) is 0 Å². The summed E-state index contributed by atoms with van der Waals surface area (Å²) in [6, 6.07) is 21.8. The summed E-state index contributed by atoms with van der Waals surface area (Å²) in [7, 11) is 0. The van der Waals surface area contributed by atoms with Crippen molar-refractivity contribution in [2.45, 2.75) is 0 Å². The highest BCUT2D eigenvalue weighted by molar-refractivity contribution is 6.23. The quantitative estimate of drug-likeness (QED) is 0.243. The molecule has 7 aromatic rings. The summed E-state index contributed by atoms with van der Waals surface area (Å²) in [5.41, 5.74) is 3.81. The van der Waals surface area contributed by atoms with Crippen LogP contribution in [0.25, 0.3) is 65.9 Å². The summed E-state index contributed by atoms with van der Waals surface area (Å²) in [4.78, 5) is 33.9. The minimum absolute atomic E-state index is 0.231. The summed E-state index contributed by atoms with van der Waals surface area (Å²) in [6.45, 7) is 0. The van der Waals surface area contributed by atoms with Crippen LogP contribution in [0.3, 0.4) is 0 Å². The van der Waals surface area contributed by atoms with Crippen LogP contribution in [-0.4, -0.2) is 9.97 Å². The van der Waals surface area contributed by atoms with Gasteiger partial charge in [-0.05, 0) is 24.3 Å². The predicted octanol–water partition coefficient (Wildman–Crippen LogP) is 5.73. The Labute approximate surface area is 178 Å². The van der Waals surface area contributed by atoms with Gasteiger partial charge in [0.2, 0.25) is 0 Å². The zero-order valence-corrected chi connectivity index (χ0v) is 16.6. The molecule has 2 aromatic heterocycles. The second kappa shape index (κ2) is 5.98. The summed E-state index contributed by atoms with van der Waals surface area (Å²) >= 11 is 0. The predicted molar refractivity (Wildman–Crippen MR) is 126 cm³/mol. The van der Waals surface area contributed by atoms with E-state index in [0.717, 1.165) is 0 Å². The lowest BCUT2D eigenvalue weighted by molar-refractivity contribution is 0.620. The van der Waals surface area contributed by atoms with Crippen LogP contribution in [0.5, 0.6) is 0 Å². The molecule has 0 aliphatic carbocycles. The van der Waals surface area contributed by atoms with Crippen molar-refractivity contribution in [1.29, 1.82) is 0 Å². The SMILES string of the molecule is O=c1c2ccccc2c(=O)c2c3[nH]c4ccccc4oc3c3oc4ccccc4[nH]c3c12. The largest absolute Gasteiger partial charge is 0.449 e. The van der Waals surface area contributed by atoms with E-state index in [1.54, 1.807) is 24.3 Å². The van der Waals surface area contributed by atoms with Crippen LogP contribution in [0.4, 0.5) is 0 Å². The molecule has 0 aliphatic heterocycles. The van der Waals surface area contributed by atoms with Crippen molar-refractivity contribution < 1.29 is 8.83 Å². The molecule has 0 bridgehead atoms. The summed E-state index contributed by atoms with van der Waals surface area (Å²) in [5.74, 6) is 0. The number of hydrogen-bond donors (Lipinski definition) is 2. The fourth-order valence-corrected chi connectivity index (χ4v) is 4.55. The third-order valence-electron chi connectivity index (χ3n) is 6.00. The molecule has 0 aliphatic rings. The van der Waals surface area contributed by atoms with Crippen molar-refractivity contribution in [2.24, 2.45) is 0 Å². The fraction of sp³-hybridized carbons (Fsp3) is 0. The lowest BCUT2D eigenvalue weighted by Crippen LogP contribution is -2.14. The van der Waals surface area contributed by atoms with E-state index < -0.39 is 0 Å². The number of hydrogen-bond acceptors (Lipinski definition) is 4. The van der Waals surface area contributed by atoms with Crippen LogP contribution in [0.2, 0.25) is 0 Å². The number of nitrogens with one attached hydrogen (secondary N) is 2. The van der Waals surface area contributed by atoms with Crippen LogP contribution in [0.15, 0.2) is 91.2 Å². The Hall–Kier alpha value is -4.58. The van der Waals surface area contributed by atoms with E-state index in [1.807, 2.05) is 48.5 Å². The molecule has 0 radical (unpaired) electrons. The third kappa shape index (κ3) is 2.13. The minimum Gasteiger partial charge on any atom is -0.449 e. The van der Waals surface area contributed by atoms with E-state index in [9.17, 15) is 9.59 Å². The number of benzene rings is 5. The molecule has 152 valence electrons. The molecular weight excluding hydrogens is 404 g/mol. The number of aromatic nitrogens is 2. The van der Waals surface area contributed by atoms with Crippen LogP contribution in [0.1, 0.15) is 0 Å². The van der Waals surface area contributed by atoms with Gasteiger partial charge in [-0.3, -0.25) is 9.59 Å². The van der Waals surface area contributed by atoms with E-state index in [4.69, 9.17) is 8.83 Å². The monoisotopic (exact) mass is 418 g/mol. The number of H-pyrrole nitrogens is 2. The Bertz CT molecular complexity index is 1890. The number of aromatic amines is 2. The van der Waals surface area contributed by atoms with Crippen molar-refractivity contribution in [1.82, 2.24) is 9.97 Å². The molecule has 5 aromatic carbocycles. The van der Waals surface area contributed by atoms with Crippen LogP contribution in [-0.2, 0) is 0 Å². The first kappa shape index (κ1) is 17.1. The molecule has 7 rings (SSSR count). The van der Waals surface area contributed by atoms with Crippen molar-refractivity contribution >= 4 is 65.9 Å². The van der Waals surface area contributed by atoms with Gasteiger partial charge in [0.15, 0.2) is 33.2 Å². The average molecular weight is 418 g/mol. The van der Waals surface area contributed by atoms with E-state index >= 15 is 0 Å². The van der Waals surface area contributed by atoms with Gasteiger partial charge in [-0.15, -0.1) is 0 Å². The van der Waals surface area contributed by atoms with Gasteiger partial charge >= 0.3 is 0 Å². The maximum Gasteiger partial charge on any atom is 0.196 e. The van der Waals surface area contributed by atoms with E-state index in [1.165, 1.54) is 0 Å². The standard InChI is InChI=1S/C26H14N2O4/c29-23-13-7-1-2-8-14(13)24(30)20-19(23)21-25(31-17-11-5-3-9-15(17)27-21)26-22(20)28-16-10-4-6-12-18(16)32-26/h1-12,27-28H. The Morgan fingerprint density at radius 1 is 0.531 bits per heavy atom. The van der Waals surface area contributed by atoms with Gasteiger partial charge in [-0.2, -0.15) is 0 Å². The second-order valence-electron chi connectivity index (χ2n) is 7.81. The normalized spacial score (nSPS) is 12.0. The Morgan fingerprint density at radius 3 is 1.41 bits per heavy atom. The molecule has 0 spiro atoms. The highest BCUT2D eigenvalue weighted by Gasteiger charge is 2.22. The average Bonchev–Trinajstić information content (AvgIpc) is 2.84. The van der Waals surface area contributed by atoms with E-state index in [2.05, 4.69) is 9.97 Å². The summed E-state index contributed by atoms with van der Waals surface area (Å²) in [5, 5.41) is 1.33. The molecule has 6 nitrogen and oxygen atoms in total. The first-order valence-corrected chi connectivity index (χ1v) is 10.2. The zero-order valence-electron chi connectivity index (χ0n) is 16.6. The summed E-state index contributed by atoms with van der Waals surface area (Å²) in [6.07, 6.45) is 0. The molecule has 32 heavy (non-hydrogen) atoms. The van der Waals surface area contributed by atoms with E-state index in [0.29, 0.717) is 55.2 Å². The van der Waals surface area contributed by atoms with Gasteiger partial charge in [0.05, 0.1) is 32.8 Å². The van der Waals surface area contributed by atoms with Crippen molar-refractivity contribution in [2.75, 3.05) is 0 Å². The van der Waals surface area contributed by atoms with Gasteiger partial charge < -0.3 is 18.8 Å². The molecule has 0 atom stereocenters. The maximum absolute atomic E-state index is 13.7. The van der Waals surface area contributed by atoms with Crippen molar-refractivity contribution in [3.05, 3.63) is 93.2 Å². The van der Waals surface area contributed by atoms with Gasteiger partial charge in [0.25, 0.3) is 0 Å². The minimum atomic E-state index is -0.231. The lowest BCUT2D eigenvalue weighted by atomic mass is 9.99.